The van der Waals surface area contributed by atoms with Gasteiger partial charge in [0.1, 0.15) is 28.9 Å². The highest BCUT2D eigenvalue weighted by Crippen LogP contribution is 2.45. The quantitative estimate of drug-likeness (QED) is 0.122. The van der Waals surface area contributed by atoms with E-state index < -0.39 is 11.9 Å². The molecule has 0 saturated carbocycles. The lowest BCUT2D eigenvalue weighted by Crippen LogP contribution is -2.21. The van der Waals surface area contributed by atoms with Crippen molar-refractivity contribution in [1.82, 2.24) is 0 Å². The maximum atomic E-state index is 12.8. The summed E-state index contributed by atoms with van der Waals surface area (Å²) in [5.41, 5.74) is 8.37. The molecule has 2 N–H and O–H groups in total. The molecule has 0 radical (unpaired) electrons. The van der Waals surface area contributed by atoms with Crippen molar-refractivity contribution >= 4 is 5.97 Å². The zero-order chi connectivity index (χ0) is 29.9. The smallest absolute Gasteiger partial charge is 0.343 e. The molecule has 3 aromatic rings. The highest BCUT2D eigenvalue weighted by Gasteiger charge is 2.32. The molecule has 1 unspecified atom stereocenters. The number of carbonyl (C=O) groups is 1. The van der Waals surface area contributed by atoms with Gasteiger partial charge in [-0.05, 0) is 60.9 Å². The molecule has 0 fully saturated rings. The van der Waals surface area contributed by atoms with Crippen LogP contribution in [0.5, 0.6) is 28.7 Å². The number of nitriles is 1. The highest BCUT2D eigenvalue weighted by molar-refractivity contribution is 5.91. The molecule has 0 amide bonds. The van der Waals surface area contributed by atoms with Crippen LogP contribution in [0.25, 0.3) is 0 Å². The first-order valence-electron chi connectivity index (χ1n) is 14.5. The second kappa shape index (κ2) is 14.8. The van der Waals surface area contributed by atoms with Crippen molar-refractivity contribution in [2.24, 2.45) is 5.73 Å². The van der Waals surface area contributed by atoms with Gasteiger partial charge in [0.2, 0.25) is 5.88 Å². The number of nitrogens with zero attached hydrogens (tertiary/aromatic N) is 1. The third-order valence-corrected chi connectivity index (χ3v) is 6.99. The van der Waals surface area contributed by atoms with E-state index in [2.05, 4.69) is 13.0 Å². The van der Waals surface area contributed by atoms with Gasteiger partial charge in [0.05, 0.1) is 31.8 Å². The largest absolute Gasteiger partial charge is 0.494 e. The topological polar surface area (TPSA) is 113 Å². The van der Waals surface area contributed by atoms with Crippen LogP contribution in [-0.2, 0) is 0 Å². The van der Waals surface area contributed by atoms with Gasteiger partial charge in [0.15, 0.2) is 11.5 Å². The van der Waals surface area contributed by atoms with Crippen LogP contribution in [0.15, 0.2) is 72.1 Å². The minimum Gasteiger partial charge on any atom is -0.494 e. The molecule has 1 aliphatic heterocycles. The van der Waals surface area contributed by atoms with Crippen molar-refractivity contribution in [1.29, 1.82) is 5.26 Å². The summed E-state index contributed by atoms with van der Waals surface area (Å²) in [7, 11) is 1.59. The molecule has 1 atom stereocenters. The Balaban J connectivity index is 1.53. The van der Waals surface area contributed by atoms with E-state index in [9.17, 15) is 10.1 Å². The lowest BCUT2D eigenvalue weighted by molar-refractivity contribution is 0.0734. The van der Waals surface area contributed by atoms with Gasteiger partial charge in [-0.2, -0.15) is 5.26 Å². The number of rotatable bonds is 14. The monoisotopic (exact) mass is 570 g/mol. The van der Waals surface area contributed by atoms with E-state index in [0.717, 1.165) is 24.8 Å². The van der Waals surface area contributed by atoms with Gasteiger partial charge in [0.25, 0.3) is 0 Å². The number of hydrogen-bond donors (Lipinski definition) is 1. The molecule has 0 saturated heterocycles. The molecule has 1 aliphatic rings. The number of unbranched alkanes of at least 4 members (excludes halogenated alkanes) is 4. The second-order valence-corrected chi connectivity index (χ2v) is 10.1. The summed E-state index contributed by atoms with van der Waals surface area (Å²) >= 11 is 0. The zero-order valence-corrected chi connectivity index (χ0v) is 24.5. The standard InChI is InChI=1S/C34H38N2O6/c1-4-6-7-8-9-19-40-29-17-12-24(20-31(29)38-3)32-27-16-15-26(21-30(27)42-33(36)28(32)22-35)41-34(37)23-10-13-25(14-11-23)39-18-5-2/h10-17,20-21,32H,4-9,18-19,36H2,1-3H3. The van der Waals surface area contributed by atoms with Crippen LogP contribution in [0.3, 0.4) is 0 Å². The number of benzene rings is 3. The van der Waals surface area contributed by atoms with Crippen molar-refractivity contribution in [3.63, 3.8) is 0 Å². The van der Waals surface area contributed by atoms with Gasteiger partial charge in [-0.1, -0.05) is 51.7 Å². The molecule has 0 spiro atoms. The number of nitrogens with two attached hydrogens (primary N) is 1. The summed E-state index contributed by atoms with van der Waals surface area (Å²) in [5, 5.41) is 9.97. The number of carbonyl (C=O) groups excluding carboxylic acids is 1. The Labute approximate surface area is 247 Å². The normalized spacial score (nSPS) is 13.9. The number of fused-ring (bicyclic) bond motifs is 1. The third-order valence-electron chi connectivity index (χ3n) is 6.99. The first-order valence-corrected chi connectivity index (χ1v) is 14.5. The first kappa shape index (κ1) is 30.3. The molecule has 8 nitrogen and oxygen atoms in total. The van der Waals surface area contributed by atoms with Crippen LogP contribution in [0.2, 0.25) is 0 Å². The minimum absolute atomic E-state index is 0.00693. The first-order chi connectivity index (χ1) is 20.5. The average molecular weight is 571 g/mol. The van der Waals surface area contributed by atoms with E-state index in [1.165, 1.54) is 19.3 Å². The third kappa shape index (κ3) is 7.35. The van der Waals surface area contributed by atoms with E-state index in [1.807, 2.05) is 25.1 Å². The van der Waals surface area contributed by atoms with Gasteiger partial charge >= 0.3 is 5.97 Å². The highest BCUT2D eigenvalue weighted by atomic mass is 16.5. The fourth-order valence-corrected chi connectivity index (χ4v) is 4.79. The van der Waals surface area contributed by atoms with Gasteiger partial charge in [-0.3, -0.25) is 0 Å². The molecule has 8 heteroatoms. The van der Waals surface area contributed by atoms with Crippen molar-refractivity contribution in [2.45, 2.75) is 58.3 Å². The molecule has 220 valence electrons. The number of esters is 1. The van der Waals surface area contributed by atoms with Crippen molar-refractivity contribution in [3.8, 4) is 34.8 Å². The summed E-state index contributed by atoms with van der Waals surface area (Å²) in [5.74, 6) is 1.57. The summed E-state index contributed by atoms with van der Waals surface area (Å²) in [6, 6.07) is 19.7. The molecule has 1 heterocycles. The van der Waals surface area contributed by atoms with Gasteiger partial charge in [-0.25, -0.2) is 4.79 Å². The van der Waals surface area contributed by atoms with Gasteiger partial charge in [-0.15, -0.1) is 0 Å². The van der Waals surface area contributed by atoms with E-state index in [1.54, 1.807) is 49.6 Å². The van der Waals surface area contributed by atoms with E-state index >= 15 is 0 Å². The minimum atomic E-state index is -0.517. The summed E-state index contributed by atoms with van der Waals surface area (Å²) < 4.78 is 28.6. The molecular weight excluding hydrogens is 532 g/mol. The van der Waals surface area contributed by atoms with Crippen molar-refractivity contribution in [2.75, 3.05) is 20.3 Å². The average Bonchev–Trinajstić information content (AvgIpc) is 3.01. The van der Waals surface area contributed by atoms with Gasteiger partial charge in [0, 0.05) is 11.6 Å². The van der Waals surface area contributed by atoms with E-state index in [0.29, 0.717) is 47.3 Å². The Morgan fingerprint density at radius 3 is 2.36 bits per heavy atom. The van der Waals surface area contributed by atoms with Crippen LogP contribution in [-0.4, -0.2) is 26.3 Å². The van der Waals surface area contributed by atoms with Crippen LogP contribution in [0, 0.1) is 11.3 Å². The number of allylic oxidation sites excluding steroid dienone is 1. The van der Waals surface area contributed by atoms with Crippen LogP contribution in [0.4, 0.5) is 0 Å². The molecule has 0 bridgehead atoms. The van der Waals surface area contributed by atoms with Crippen LogP contribution < -0.4 is 29.4 Å². The summed E-state index contributed by atoms with van der Waals surface area (Å²) in [6.07, 6.45) is 6.63. The van der Waals surface area contributed by atoms with Crippen LogP contribution in [0.1, 0.15) is 79.8 Å². The maximum Gasteiger partial charge on any atom is 0.343 e. The molecule has 3 aromatic carbocycles. The predicted molar refractivity (Wildman–Crippen MR) is 160 cm³/mol. The fraction of sp³-hybridized carbons (Fsp3) is 0.353. The Kier molecular flexibility index (Phi) is 10.7. The number of hydrogen-bond acceptors (Lipinski definition) is 8. The SMILES string of the molecule is CCCCCCCOc1ccc(C2C(C#N)=C(N)Oc3cc(OC(=O)c4ccc(OCCC)cc4)ccc32)cc1OC. The van der Waals surface area contributed by atoms with Gasteiger partial charge < -0.3 is 29.4 Å². The van der Waals surface area contributed by atoms with Crippen molar-refractivity contribution in [3.05, 3.63) is 88.8 Å². The molecule has 4 rings (SSSR count). The summed E-state index contributed by atoms with van der Waals surface area (Å²) in [6.45, 7) is 5.43. The Bertz CT molecular complexity index is 1440. The van der Waals surface area contributed by atoms with E-state index in [4.69, 9.17) is 29.4 Å². The predicted octanol–water partition coefficient (Wildman–Crippen LogP) is 7.27. The zero-order valence-electron chi connectivity index (χ0n) is 24.5. The number of ether oxygens (including phenoxy) is 5. The molecule has 42 heavy (non-hydrogen) atoms. The second-order valence-electron chi connectivity index (χ2n) is 10.1. The summed E-state index contributed by atoms with van der Waals surface area (Å²) in [4.78, 5) is 12.8. The lowest BCUT2D eigenvalue weighted by atomic mass is 9.83. The Morgan fingerprint density at radius 1 is 0.881 bits per heavy atom. The Morgan fingerprint density at radius 2 is 1.64 bits per heavy atom. The molecule has 0 aromatic heterocycles. The molecule has 0 aliphatic carbocycles. The maximum absolute atomic E-state index is 12.8. The van der Waals surface area contributed by atoms with Crippen molar-refractivity contribution < 1.29 is 28.5 Å². The number of methoxy groups -OCH3 is 1. The molecular formula is C34H38N2O6. The van der Waals surface area contributed by atoms with Crippen LogP contribution >= 0.6 is 0 Å². The fourth-order valence-electron chi connectivity index (χ4n) is 4.79. The Hall–Kier alpha value is -4.64. The lowest BCUT2D eigenvalue weighted by Gasteiger charge is -2.27. The van der Waals surface area contributed by atoms with E-state index in [-0.39, 0.29) is 17.2 Å².